The molecule has 5 atom stereocenters. The molecule has 1 saturated carbocycles. The predicted octanol–water partition coefficient (Wildman–Crippen LogP) is 5.14. The van der Waals surface area contributed by atoms with E-state index in [4.69, 9.17) is 0 Å². The molecule has 6 heteroatoms. The average Bonchev–Trinajstić information content (AvgIpc) is 3.22. The molecule has 166 valence electrons. The Balaban J connectivity index is 1.50. The van der Waals surface area contributed by atoms with E-state index in [1.165, 1.54) is 23.5 Å². The van der Waals surface area contributed by atoms with Gasteiger partial charge < -0.3 is 20.1 Å². The molecular formula is C24H33FO4S. The molecule has 4 nitrogen and oxygen atoms in total. The predicted molar refractivity (Wildman–Crippen MR) is 118 cm³/mol. The maximum Gasteiger partial charge on any atom is 0.129 e. The van der Waals surface area contributed by atoms with Crippen molar-refractivity contribution in [2.75, 3.05) is 0 Å². The Hall–Kier alpha value is -1.34. The smallest absolute Gasteiger partial charge is 0.129 e. The van der Waals surface area contributed by atoms with Gasteiger partial charge in [-0.25, -0.2) is 4.39 Å². The van der Waals surface area contributed by atoms with Crippen molar-refractivity contribution < 1.29 is 24.5 Å². The number of carbonyl (C=O) groups is 1. The summed E-state index contributed by atoms with van der Waals surface area (Å²) in [5.74, 6) is -0.0143. The lowest BCUT2D eigenvalue weighted by Crippen LogP contribution is -2.23. The number of halogens is 1. The van der Waals surface area contributed by atoms with Crippen LogP contribution >= 0.6 is 11.3 Å². The minimum atomic E-state index is -0.650. The van der Waals surface area contributed by atoms with Crippen molar-refractivity contribution in [1.29, 1.82) is 0 Å². The third kappa shape index (κ3) is 6.10. The van der Waals surface area contributed by atoms with Crippen LogP contribution in [0.4, 0.5) is 4.39 Å². The number of benzene rings is 1. The third-order valence-electron chi connectivity index (χ3n) is 6.44. The first kappa shape index (κ1) is 23.3. The van der Waals surface area contributed by atoms with Crippen LogP contribution in [0.15, 0.2) is 24.3 Å². The van der Waals surface area contributed by atoms with Gasteiger partial charge in [0.15, 0.2) is 0 Å². The lowest BCUT2D eigenvalue weighted by Gasteiger charge is -2.24. The van der Waals surface area contributed by atoms with Crippen molar-refractivity contribution >= 4 is 27.2 Å². The maximum atomic E-state index is 13.4. The van der Waals surface area contributed by atoms with Gasteiger partial charge in [-0.3, -0.25) is 0 Å². The first-order valence-electron chi connectivity index (χ1n) is 11.1. The van der Waals surface area contributed by atoms with Gasteiger partial charge in [0.05, 0.1) is 18.3 Å². The van der Waals surface area contributed by atoms with Crippen LogP contribution in [0.3, 0.4) is 0 Å². The number of thiophene rings is 1. The largest absolute Gasteiger partial charge is 0.393 e. The van der Waals surface area contributed by atoms with E-state index in [0.29, 0.717) is 25.7 Å². The summed E-state index contributed by atoms with van der Waals surface area (Å²) in [6.07, 6.45) is 5.32. The van der Waals surface area contributed by atoms with Gasteiger partial charge >= 0.3 is 0 Å². The molecule has 1 aromatic carbocycles. The summed E-state index contributed by atoms with van der Waals surface area (Å²) in [7, 11) is 0. The Labute approximate surface area is 181 Å². The minimum absolute atomic E-state index is 0.0151. The summed E-state index contributed by atoms with van der Waals surface area (Å²) in [6, 6.07) is 6.54. The molecule has 2 aromatic rings. The number of unbranched alkanes of at least 4 members (excludes halogenated alkanes) is 3. The standard InChI is InChI=1S/C24H33FO4S/c1-15(26)6-4-2-3-5-7-18-19(22(29)14-21(18)28)10-11-20(27)24-12-16-8-9-17(25)13-23(16)30-24/h8-9,12-13,18-22,27-29H,2-7,10-11,14H2,1H3. The van der Waals surface area contributed by atoms with Gasteiger partial charge in [-0.05, 0) is 74.4 Å². The Morgan fingerprint density at radius 3 is 2.53 bits per heavy atom. The van der Waals surface area contributed by atoms with E-state index in [1.807, 2.05) is 6.07 Å². The van der Waals surface area contributed by atoms with E-state index in [0.717, 1.165) is 47.1 Å². The van der Waals surface area contributed by atoms with E-state index < -0.39 is 18.3 Å². The Morgan fingerprint density at radius 2 is 1.80 bits per heavy atom. The van der Waals surface area contributed by atoms with Crippen LogP contribution < -0.4 is 0 Å². The van der Waals surface area contributed by atoms with Gasteiger partial charge in [-0.1, -0.05) is 25.3 Å². The molecule has 0 amide bonds. The zero-order valence-electron chi connectivity index (χ0n) is 17.6. The fourth-order valence-corrected chi connectivity index (χ4v) is 5.88. The van der Waals surface area contributed by atoms with Gasteiger partial charge in [-0.2, -0.15) is 0 Å². The molecule has 0 bridgehead atoms. The average molecular weight is 437 g/mol. The summed E-state index contributed by atoms with van der Waals surface area (Å²) < 4.78 is 14.2. The molecule has 1 aliphatic carbocycles. The number of aliphatic hydroxyl groups excluding tert-OH is 3. The van der Waals surface area contributed by atoms with E-state index in [1.54, 1.807) is 13.0 Å². The van der Waals surface area contributed by atoms with E-state index >= 15 is 0 Å². The second-order valence-corrected chi connectivity index (χ2v) is 9.89. The highest BCUT2D eigenvalue weighted by molar-refractivity contribution is 7.19. The number of hydrogen-bond donors (Lipinski definition) is 3. The van der Waals surface area contributed by atoms with E-state index in [2.05, 4.69) is 0 Å². The van der Waals surface area contributed by atoms with E-state index in [9.17, 15) is 24.5 Å². The Morgan fingerprint density at radius 1 is 1.10 bits per heavy atom. The van der Waals surface area contributed by atoms with Crippen molar-refractivity contribution in [3.63, 3.8) is 0 Å². The lowest BCUT2D eigenvalue weighted by molar-refractivity contribution is -0.117. The zero-order valence-corrected chi connectivity index (χ0v) is 18.4. The van der Waals surface area contributed by atoms with E-state index in [-0.39, 0.29) is 23.4 Å². The zero-order chi connectivity index (χ0) is 21.7. The number of hydrogen-bond acceptors (Lipinski definition) is 5. The molecule has 1 heterocycles. The summed E-state index contributed by atoms with van der Waals surface area (Å²) >= 11 is 1.40. The number of ketones is 1. The monoisotopic (exact) mass is 436 g/mol. The first-order valence-corrected chi connectivity index (χ1v) is 11.9. The molecule has 0 radical (unpaired) electrons. The van der Waals surface area contributed by atoms with Crippen LogP contribution in [0.5, 0.6) is 0 Å². The van der Waals surface area contributed by atoms with Crippen molar-refractivity contribution in [2.45, 2.75) is 83.0 Å². The normalized spacial score (nSPS) is 25.1. The van der Waals surface area contributed by atoms with Crippen molar-refractivity contribution in [3.05, 3.63) is 35.0 Å². The van der Waals surface area contributed by atoms with Crippen LogP contribution in [0.1, 0.15) is 75.7 Å². The van der Waals surface area contributed by atoms with Crippen LogP contribution in [0.2, 0.25) is 0 Å². The van der Waals surface area contributed by atoms with Crippen LogP contribution in [0.25, 0.3) is 10.1 Å². The highest BCUT2D eigenvalue weighted by atomic mass is 32.1. The summed E-state index contributed by atoms with van der Waals surface area (Å²) in [5, 5.41) is 32.4. The van der Waals surface area contributed by atoms with Gasteiger partial charge in [-0.15, -0.1) is 11.3 Å². The molecule has 1 aromatic heterocycles. The molecule has 30 heavy (non-hydrogen) atoms. The summed E-state index contributed by atoms with van der Waals surface area (Å²) in [4.78, 5) is 11.8. The van der Waals surface area contributed by atoms with Crippen LogP contribution in [-0.2, 0) is 4.79 Å². The van der Waals surface area contributed by atoms with Gasteiger partial charge in [0, 0.05) is 16.0 Å². The summed E-state index contributed by atoms with van der Waals surface area (Å²) in [5.41, 5.74) is 0. The van der Waals surface area contributed by atoms with Crippen LogP contribution in [-0.4, -0.2) is 33.3 Å². The number of fused-ring (bicyclic) bond motifs is 1. The molecule has 5 unspecified atom stereocenters. The number of rotatable bonds is 11. The number of Topliss-reactive ketones (excluding diaryl/α,β-unsaturated/α-hetero) is 1. The third-order valence-corrected chi connectivity index (χ3v) is 7.64. The maximum absolute atomic E-state index is 13.4. The van der Waals surface area contributed by atoms with Gasteiger partial charge in [0.2, 0.25) is 0 Å². The molecule has 3 N–H and O–H groups in total. The molecule has 0 spiro atoms. The van der Waals surface area contributed by atoms with Gasteiger partial charge in [0.1, 0.15) is 11.6 Å². The Kier molecular flexibility index (Phi) is 8.40. The molecule has 0 saturated heterocycles. The molecule has 1 fully saturated rings. The number of aliphatic hydroxyl groups is 3. The second kappa shape index (κ2) is 10.8. The molecular weight excluding hydrogens is 403 g/mol. The van der Waals surface area contributed by atoms with Crippen molar-refractivity contribution in [2.24, 2.45) is 11.8 Å². The van der Waals surface area contributed by atoms with Crippen molar-refractivity contribution in [1.82, 2.24) is 0 Å². The first-order chi connectivity index (χ1) is 14.3. The van der Waals surface area contributed by atoms with Crippen LogP contribution in [0, 0.1) is 17.7 Å². The highest BCUT2D eigenvalue weighted by Gasteiger charge is 2.40. The second-order valence-electron chi connectivity index (χ2n) is 8.78. The molecule has 0 aliphatic heterocycles. The fourth-order valence-electron chi connectivity index (χ4n) is 4.77. The highest BCUT2D eigenvalue weighted by Crippen LogP contribution is 2.41. The topological polar surface area (TPSA) is 77.8 Å². The Bertz CT molecular complexity index is 836. The number of carbonyl (C=O) groups excluding carboxylic acids is 1. The fraction of sp³-hybridized carbons (Fsp3) is 0.625. The molecule has 3 rings (SSSR count). The van der Waals surface area contributed by atoms with Gasteiger partial charge in [0.25, 0.3) is 0 Å². The quantitative estimate of drug-likeness (QED) is 0.426. The van der Waals surface area contributed by atoms with Crippen molar-refractivity contribution in [3.8, 4) is 0 Å². The SMILES string of the molecule is CC(=O)CCCCCCC1C(O)CC(O)C1CCC(O)c1cc2ccc(F)cc2s1. The molecule has 1 aliphatic rings. The lowest BCUT2D eigenvalue weighted by atomic mass is 9.84. The minimum Gasteiger partial charge on any atom is -0.393 e. The summed E-state index contributed by atoms with van der Waals surface area (Å²) in [6.45, 7) is 1.62.